The average molecular weight is 158 g/mol. The van der Waals surface area contributed by atoms with Crippen molar-refractivity contribution < 1.29 is 4.84 Å². The van der Waals surface area contributed by atoms with Crippen LogP contribution in [0.25, 0.3) is 0 Å². The fourth-order valence-corrected chi connectivity index (χ4v) is 0.396. The Bertz CT molecular complexity index is 116. The number of oxime groups is 1. The van der Waals surface area contributed by atoms with Crippen LogP contribution >= 0.6 is 0 Å². The van der Waals surface area contributed by atoms with Gasteiger partial charge in [0.25, 0.3) is 0 Å². The highest BCUT2D eigenvalue weighted by molar-refractivity contribution is 5.63. The van der Waals surface area contributed by atoms with Crippen LogP contribution in [0, 0.1) is 5.41 Å². The summed E-state index contributed by atoms with van der Waals surface area (Å²) in [5.41, 5.74) is 5.36. The lowest BCUT2D eigenvalue weighted by Gasteiger charge is -2.08. The molecule has 0 aromatic heterocycles. The predicted molar refractivity (Wildman–Crippen MR) is 47.6 cm³/mol. The van der Waals surface area contributed by atoms with E-state index in [4.69, 9.17) is 10.6 Å². The van der Waals surface area contributed by atoms with Crippen LogP contribution in [0.2, 0.25) is 0 Å². The summed E-state index contributed by atoms with van der Waals surface area (Å²) in [6.45, 7) is 7.49. The Hall–Kier alpha value is -0.570. The highest BCUT2D eigenvalue weighted by Gasteiger charge is 2.04. The van der Waals surface area contributed by atoms with Crippen LogP contribution in [0.5, 0.6) is 0 Å². The molecule has 0 bridgehead atoms. The van der Waals surface area contributed by atoms with Crippen molar-refractivity contribution in [3.63, 3.8) is 0 Å². The van der Waals surface area contributed by atoms with Gasteiger partial charge in [-0.25, -0.2) is 0 Å². The second-order valence-corrected chi connectivity index (χ2v) is 3.58. The number of nitrogens with two attached hydrogens (primary N) is 1. The van der Waals surface area contributed by atoms with Crippen LogP contribution < -0.4 is 5.73 Å². The van der Waals surface area contributed by atoms with Crippen LogP contribution in [0.3, 0.4) is 0 Å². The van der Waals surface area contributed by atoms with Crippen LogP contribution in [-0.2, 0) is 4.84 Å². The van der Waals surface area contributed by atoms with Crippen molar-refractivity contribution in [3.05, 3.63) is 0 Å². The Labute approximate surface area is 68.6 Å². The third-order valence-corrected chi connectivity index (χ3v) is 0.954. The van der Waals surface area contributed by atoms with Crippen LogP contribution in [-0.4, -0.2) is 19.4 Å². The zero-order chi connectivity index (χ0) is 8.74. The van der Waals surface area contributed by atoms with Crippen LogP contribution in [0.4, 0.5) is 0 Å². The van der Waals surface area contributed by atoms with Gasteiger partial charge in [-0.15, -0.1) is 0 Å². The molecule has 0 aromatic carbocycles. The Morgan fingerprint density at radius 1 is 1.45 bits per heavy atom. The van der Waals surface area contributed by atoms with E-state index in [9.17, 15) is 0 Å². The number of hydrogen-bond acceptors (Lipinski definition) is 3. The van der Waals surface area contributed by atoms with E-state index in [1.165, 1.54) is 0 Å². The maximum absolute atomic E-state index is 5.26. The van der Waals surface area contributed by atoms with Crippen molar-refractivity contribution in [1.29, 1.82) is 0 Å². The van der Waals surface area contributed by atoms with E-state index in [1.807, 2.05) is 0 Å². The Morgan fingerprint density at radius 2 is 2.09 bits per heavy atom. The van der Waals surface area contributed by atoms with E-state index >= 15 is 0 Å². The monoisotopic (exact) mass is 158 g/mol. The third-order valence-electron chi connectivity index (χ3n) is 0.954. The van der Waals surface area contributed by atoms with Gasteiger partial charge in [-0.2, -0.15) is 0 Å². The van der Waals surface area contributed by atoms with Gasteiger partial charge in [0.2, 0.25) is 0 Å². The molecule has 0 atom stereocenters. The first kappa shape index (κ1) is 10.4. The topological polar surface area (TPSA) is 47.6 Å². The van der Waals surface area contributed by atoms with Crippen molar-refractivity contribution in [2.45, 2.75) is 27.2 Å². The van der Waals surface area contributed by atoms with Gasteiger partial charge in [-0.05, 0) is 13.0 Å². The molecule has 2 N–H and O–H groups in total. The summed E-state index contributed by atoms with van der Waals surface area (Å²) in [5.74, 6) is 0. The smallest absolute Gasteiger partial charge is 0.118 e. The van der Waals surface area contributed by atoms with E-state index in [0.29, 0.717) is 13.2 Å². The molecular formula is C8H18N2O. The Kier molecular flexibility index (Phi) is 4.86. The standard InChI is InChI=1S/C8H18N2O/c1-8(2,3)7-10-11-6-4-5-9/h7H,4-6,9H2,1-3H3/b10-7+. The van der Waals surface area contributed by atoms with Gasteiger partial charge in [0.1, 0.15) is 6.61 Å². The molecule has 0 amide bonds. The van der Waals surface area contributed by atoms with E-state index < -0.39 is 0 Å². The quantitative estimate of drug-likeness (QED) is 0.382. The molecule has 0 aliphatic heterocycles. The summed E-state index contributed by atoms with van der Waals surface area (Å²) in [4.78, 5) is 4.94. The van der Waals surface area contributed by atoms with E-state index in [0.717, 1.165) is 6.42 Å². The molecule has 0 saturated carbocycles. The van der Waals surface area contributed by atoms with Gasteiger partial charge in [0.15, 0.2) is 0 Å². The van der Waals surface area contributed by atoms with Crippen LogP contribution in [0.1, 0.15) is 27.2 Å². The Balaban J connectivity index is 3.30. The van der Waals surface area contributed by atoms with Crippen LogP contribution in [0.15, 0.2) is 5.16 Å². The minimum atomic E-state index is 0.0999. The lowest BCUT2D eigenvalue weighted by atomic mass is 10.00. The first-order chi connectivity index (χ1) is 5.06. The molecule has 0 aliphatic carbocycles. The molecule has 0 aliphatic rings. The van der Waals surface area contributed by atoms with Gasteiger partial charge in [-0.3, -0.25) is 0 Å². The van der Waals surface area contributed by atoms with Crippen molar-refractivity contribution in [1.82, 2.24) is 0 Å². The zero-order valence-electron chi connectivity index (χ0n) is 7.63. The minimum Gasteiger partial charge on any atom is -0.396 e. The van der Waals surface area contributed by atoms with Crippen molar-refractivity contribution >= 4 is 6.21 Å². The molecular weight excluding hydrogens is 140 g/mol. The average Bonchev–Trinajstić information content (AvgIpc) is 1.85. The second kappa shape index (κ2) is 5.13. The van der Waals surface area contributed by atoms with E-state index in [-0.39, 0.29) is 5.41 Å². The maximum atomic E-state index is 5.26. The molecule has 3 nitrogen and oxygen atoms in total. The third kappa shape index (κ3) is 9.43. The van der Waals surface area contributed by atoms with E-state index in [1.54, 1.807) is 6.21 Å². The molecule has 0 rings (SSSR count). The summed E-state index contributed by atoms with van der Waals surface area (Å²) < 4.78 is 0. The molecule has 0 unspecified atom stereocenters. The Morgan fingerprint density at radius 3 is 2.55 bits per heavy atom. The SMILES string of the molecule is CC(C)(C)/C=N/OCCCN. The number of nitrogens with zero attached hydrogens (tertiary/aromatic N) is 1. The predicted octanol–water partition coefficient (Wildman–Crippen LogP) is 1.38. The first-order valence-electron chi connectivity index (χ1n) is 3.93. The highest BCUT2D eigenvalue weighted by Crippen LogP contribution is 2.08. The fourth-order valence-electron chi connectivity index (χ4n) is 0.396. The molecule has 0 fully saturated rings. The lowest BCUT2D eigenvalue weighted by Crippen LogP contribution is -2.07. The summed E-state index contributed by atoms with van der Waals surface area (Å²) in [7, 11) is 0. The summed E-state index contributed by atoms with van der Waals surface area (Å²) in [5, 5.41) is 3.80. The molecule has 0 aromatic rings. The summed E-state index contributed by atoms with van der Waals surface area (Å²) >= 11 is 0. The maximum Gasteiger partial charge on any atom is 0.118 e. The van der Waals surface area contributed by atoms with E-state index in [2.05, 4.69) is 25.9 Å². The molecule has 66 valence electrons. The molecule has 0 saturated heterocycles. The lowest BCUT2D eigenvalue weighted by molar-refractivity contribution is 0.142. The van der Waals surface area contributed by atoms with Crippen molar-refractivity contribution in [2.75, 3.05) is 13.2 Å². The van der Waals surface area contributed by atoms with Gasteiger partial charge < -0.3 is 10.6 Å². The molecule has 11 heavy (non-hydrogen) atoms. The molecule has 0 radical (unpaired) electrons. The second-order valence-electron chi connectivity index (χ2n) is 3.58. The minimum absolute atomic E-state index is 0.0999. The normalized spacial score (nSPS) is 12.4. The highest BCUT2D eigenvalue weighted by atomic mass is 16.6. The molecule has 0 heterocycles. The summed E-state index contributed by atoms with van der Waals surface area (Å²) in [6, 6.07) is 0. The van der Waals surface area contributed by atoms with Gasteiger partial charge in [-0.1, -0.05) is 25.9 Å². The van der Waals surface area contributed by atoms with Crippen molar-refractivity contribution in [2.24, 2.45) is 16.3 Å². The molecule has 0 spiro atoms. The first-order valence-corrected chi connectivity index (χ1v) is 3.93. The largest absolute Gasteiger partial charge is 0.396 e. The van der Waals surface area contributed by atoms with Gasteiger partial charge in [0, 0.05) is 11.6 Å². The molecule has 3 heteroatoms. The summed E-state index contributed by atoms with van der Waals surface area (Å²) in [6.07, 6.45) is 2.66. The number of rotatable bonds is 4. The fraction of sp³-hybridized carbons (Fsp3) is 0.875. The number of hydrogen-bond donors (Lipinski definition) is 1. The van der Waals surface area contributed by atoms with Gasteiger partial charge in [0.05, 0.1) is 0 Å². The van der Waals surface area contributed by atoms with Gasteiger partial charge >= 0.3 is 0 Å². The van der Waals surface area contributed by atoms with Crippen molar-refractivity contribution in [3.8, 4) is 0 Å². The zero-order valence-corrected chi connectivity index (χ0v) is 7.63.